The van der Waals surface area contributed by atoms with Crippen molar-refractivity contribution in [1.82, 2.24) is 4.57 Å². The fourth-order valence-corrected chi connectivity index (χ4v) is 6.18. The molecule has 2 heterocycles. The third kappa shape index (κ3) is 7.37. The van der Waals surface area contributed by atoms with Gasteiger partial charge in [0.1, 0.15) is 23.4 Å². The molecule has 0 spiro atoms. The summed E-state index contributed by atoms with van der Waals surface area (Å²) in [4.78, 5) is 62.7. The van der Waals surface area contributed by atoms with Gasteiger partial charge in [-0.1, -0.05) is 54.7 Å². The van der Waals surface area contributed by atoms with Crippen LogP contribution >= 0.6 is 12.2 Å². The van der Waals surface area contributed by atoms with E-state index >= 15 is 0 Å². The number of hydrogen-bond acceptors (Lipinski definition) is 13. The standard InChI is InChI=1S/C34H34N2O11S/c1-7-42-34(41)27-17(2)36(33(48)25(15-35)28(27)24-14-10-12-22-11-8-9-13-23(22)24)32-31(46-21(6)40)30(45-20(5)39)29(44-19(4)38)26(47-32)16-43-18(3)37/h8-14,26,29-32H,7,16H2,1-6H3/t26-,29+,30+,31+,32+/m0/s1. The molecule has 0 radical (unpaired) electrons. The number of carbonyl (C=O) groups is 5. The molecule has 2 aromatic carbocycles. The van der Waals surface area contributed by atoms with E-state index in [1.54, 1.807) is 26.0 Å². The summed E-state index contributed by atoms with van der Waals surface area (Å²) in [7, 11) is 0. The van der Waals surface area contributed by atoms with Gasteiger partial charge in [0.25, 0.3) is 0 Å². The first-order valence-electron chi connectivity index (χ1n) is 15.0. The predicted octanol–water partition coefficient (Wildman–Crippen LogP) is 4.65. The third-order valence-electron chi connectivity index (χ3n) is 7.53. The zero-order valence-electron chi connectivity index (χ0n) is 27.1. The van der Waals surface area contributed by atoms with Gasteiger partial charge in [-0.15, -0.1) is 0 Å². The van der Waals surface area contributed by atoms with Crippen LogP contribution in [0.5, 0.6) is 0 Å². The highest BCUT2D eigenvalue weighted by Gasteiger charge is 2.53. The number of nitrogens with zero attached hydrogens (tertiary/aromatic N) is 2. The van der Waals surface area contributed by atoms with Crippen LogP contribution in [0.25, 0.3) is 21.9 Å². The number of fused-ring (bicyclic) bond motifs is 1. The Morgan fingerprint density at radius 3 is 2.06 bits per heavy atom. The molecule has 0 amide bonds. The number of rotatable bonds is 9. The molecular formula is C34H34N2O11S. The summed E-state index contributed by atoms with van der Waals surface area (Å²) in [6, 6.07) is 15.0. The maximum atomic E-state index is 13.8. The van der Waals surface area contributed by atoms with Crippen LogP contribution in [-0.2, 0) is 47.6 Å². The van der Waals surface area contributed by atoms with Gasteiger partial charge in [0.15, 0.2) is 24.5 Å². The Kier molecular flexibility index (Phi) is 11.3. The van der Waals surface area contributed by atoms with Crippen molar-refractivity contribution in [2.45, 2.75) is 72.2 Å². The molecule has 5 atom stereocenters. The second-order valence-electron chi connectivity index (χ2n) is 10.8. The molecule has 48 heavy (non-hydrogen) atoms. The fraction of sp³-hybridized carbons (Fsp3) is 0.382. The number of pyridine rings is 1. The Morgan fingerprint density at radius 2 is 1.46 bits per heavy atom. The minimum absolute atomic E-state index is 0.00379. The van der Waals surface area contributed by atoms with E-state index in [0.29, 0.717) is 5.56 Å². The number of carbonyl (C=O) groups excluding carboxylic acids is 5. The van der Waals surface area contributed by atoms with Crippen molar-refractivity contribution >= 4 is 52.8 Å². The molecule has 252 valence electrons. The maximum absolute atomic E-state index is 13.8. The minimum Gasteiger partial charge on any atom is -0.463 e. The average Bonchev–Trinajstić information content (AvgIpc) is 3.01. The monoisotopic (exact) mass is 678 g/mol. The molecule has 1 saturated heterocycles. The topological polar surface area (TPSA) is 169 Å². The largest absolute Gasteiger partial charge is 0.463 e. The van der Waals surface area contributed by atoms with E-state index in [2.05, 4.69) is 6.07 Å². The maximum Gasteiger partial charge on any atom is 0.340 e. The van der Waals surface area contributed by atoms with Crippen LogP contribution in [0.2, 0.25) is 0 Å². The second-order valence-corrected chi connectivity index (χ2v) is 11.2. The summed E-state index contributed by atoms with van der Waals surface area (Å²) in [5.41, 5.74) is 0.795. The van der Waals surface area contributed by atoms with Gasteiger partial charge in [-0.05, 0) is 30.2 Å². The van der Waals surface area contributed by atoms with Crippen LogP contribution in [0.1, 0.15) is 62.5 Å². The van der Waals surface area contributed by atoms with Crippen molar-refractivity contribution in [2.24, 2.45) is 0 Å². The molecule has 1 aromatic heterocycles. The van der Waals surface area contributed by atoms with Gasteiger partial charge in [-0.3, -0.25) is 19.2 Å². The lowest BCUT2D eigenvalue weighted by Gasteiger charge is -2.45. The fourth-order valence-electron chi connectivity index (χ4n) is 5.80. The molecule has 13 nitrogen and oxygen atoms in total. The predicted molar refractivity (Wildman–Crippen MR) is 171 cm³/mol. The van der Waals surface area contributed by atoms with Gasteiger partial charge >= 0.3 is 29.8 Å². The third-order valence-corrected chi connectivity index (χ3v) is 7.93. The van der Waals surface area contributed by atoms with Gasteiger partial charge in [-0.25, -0.2) is 4.79 Å². The minimum atomic E-state index is -1.54. The number of aromatic nitrogens is 1. The zero-order chi connectivity index (χ0) is 35.3. The Hall–Kier alpha value is -5.13. The molecule has 0 bridgehead atoms. The van der Waals surface area contributed by atoms with Crippen LogP contribution in [0.3, 0.4) is 0 Å². The molecule has 3 aromatic rings. The molecule has 0 unspecified atom stereocenters. The van der Waals surface area contributed by atoms with Crippen LogP contribution in [0.4, 0.5) is 0 Å². The summed E-state index contributed by atoms with van der Waals surface area (Å²) in [5, 5.41) is 12.2. The number of hydrogen-bond donors (Lipinski definition) is 0. The van der Waals surface area contributed by atoms with Gasteiger partial charge in [0, 0.05) is 39.0 Å². The summed E-state index contributed by atoms with van der Waals surface area (Å²) >= 11 is 5.91. The highest BCUT2D eigenvalue weighted by Crippen LogP contribution is 2.41. The molecular weight excluding hydrogens is 644 g/mol. The Labute approximate surface area is 281 Å². The van der Waals surface area contributed by atoms with Gasteiger partial charge < -0.3 is 33.0 Å². The van der Waals surface area contributed by atoms with Gasteiger partial charge in [0.2, 0.25) is 0 Å². The first-order chi connectivity index (χ1) is 22.8. The molecule has 1 aliphatic rings. The smallest absolute Gasteiger partial charge is 0.340 e. The summed E-state index contributed by atoms with van der Waals surface area (Å²) in [6.45, 7) is 7.17. The first-order valence-corrected chi connectivity index (χ1v) is 15.4. The summed E-state index contributed by atoms with van der Waals surface area (Å²) in [5.74, 6) is -3.90. The quantitative estimate of drug-likeness (QED) is 0.174. The van der Waals surface area contributed by atoms with Gasteiger partial charge in [0.05, 0.1) is 17.7 Å². The van der Waals surface area contributed by atoms with Crippen molar-refractivity contribution in [3.8, 4) is 17.2 Å². The lowest BCUT2D eigenvalue weighted by atomic mass is 9.90. The molecule has 0 saturated carbocycles. The Bertz CT molecular complexity index is 1870. The number of benzene rings is 2. The zero-order valence-corrected chi connectivity index (χ0v) is 28.0. The number of nitriles is 1. The van der Waals surface area contributed by atoms with Gasteiger partial charge in [-0.2, -0.15) is 5.26 Å². The lowest BCUT2D eigenvalue weighted by Crippen LogP contribution is -2.60. The second kappa shape index (κ2) is 15.2. The number of esters is 5. The highest BCUT2D eigenvalue weighted by molar-refractivity contribution is 7.71. The van der Waals surface area contributed by atoms with Crippen LogP contribution in [0, 0.1) is 22.9 Å². The summed E-state index contributed by atoms with van der Waals surface area (Å²) < 4.78 is 34.9. The molecule has 1 fully saturated rings. The van der Waals surface area contributed by atoms with E-state index in [-0.39, 0.29) is 33.6 Å². The SMILES string of the molecule is CCOC(=O)c1c(-c2cccc3ccccc23)c(C#N)c(=S)n([C@@H]2O[C@@H](COC(C)=O)[C@@H](OC(C)=O)[C@@H](OC(C)=O)[C@H]2OC(C)=O)c1C. The molecule has 14 heteroatoms. The van der Waals surface area contributed by atoms with Crippen molar-refractivity contribution in [3.63, 3.8) is 0 Å². The Morgan fingerprint density at radius 1 is 0.854 bits per heavy atom. The first kappa shape index (κ1) is 35.7. The lowest BCUT2D eigenvalue weighted by molar-refractivity contribution is -0.269. The van der Waals surface area contributed by atoms with Crippen molar-refractivity contribution in [2.75, 3.05) is 13.2 Å². The van der Waals surface area contributed by atoms with E-state index in [4.69, 9.17) is 40.6 Å². The van der Waals surface area contributed by atoms with Crippen molar-refractivity contribution in [1.29, 1.82) is 5.26 Å². The van der Waals surface area contributed by atoms with E-state index in [0.717, 1.165) is 38.5 Å². The molecule has 0 N–H and O–H groups in total. The summed E-state index contributed by atoms with van der Waals surface area (Å²) in [6.07, 6.45) is -7.27. The molecule has 1 aliphatic heterocycles. The van der Waals surface area contributed by atoms with Crippen LogP contribution in [0.15, 0.2) is 42.5 Å². The van der Waals surface area contributed by atoms with E-state index in [1.807, 2.05) is 30.3 Å². The Balaban J connectivity index is 2.09. The average molecular weight is 679 g/mol. The molecule has 0 aliphatic carbocycles. The normalized spacial score (nSPS) is 20.2. The van der Waals surface area contributed by atoms with Crippen LogP contribution in [-0.4, -0.2) is 72.0 Å². The van der Waals surface area contributed by atoms with E-state index < -0.39 is 67.1 Å². The highest BCUT2D eigenvalue weighted by atomic mass is 32.1. The van der Waals surface area contributed by atoms with E-state index in [1.165, 1.54) is 4.57 Å². The number of ether oxygens (including phenoxy) is 6. The van der Waals surface area contributed by atoms with Crippen LogP contribution < -0.4 is 0 Å². The van der Waals surface area contributed by atoms with Crippen molar-refractivity contribution in [3.05, 3.63) is 63.9 Å². The molecule has 4 rings (SSSR count). The van der Waals surface area contributed by atoms with Crippen molar-refractivity contribution < 1.29 is 52.4 Å². The van der Waals surface area contributed by atoms with E-state index in [9.17, 15) is 29.2 Å².